The molecule has 1 fully saturated rings. The SMILES string of the molecule is CN=C(NCCCCOCCOC)N1CCN(c2cccc(Cl)c2)CC1.I. The highest BCUT2D eigenvalue weighted by Gasteiger charge is 2.19. The Kier molecular flexibility index (Phi) is 12.8. The molecule has 0 spiro atoms. The van der Waals surface area contributed by atoms with Crippen LogP contribution in [0.2, 0.25) is 5.02 Å². The second kappa shape index (κ2) is 14.3. The van der Waals surface area contributed by atoms with Crippen LogP contribution in [-0.2, 0) is 9.47 Å². The van der Waals surface area contributed by atoms with Crippen molar-refractivity contribution in [2.45, 2.75) is 12.8 Å². The van der Waals surface area contributed by atoms with Crippen LogP contribution in [0.15, 0.2) is 29.3 Å². The fourth-order valence-electron chi connectivity index (χ4n) is 2.96. The molecule has 0 aliphatic carbocycles. The molecule has 1 saturated heterocycles. The Morgan fingerprint density at radius 2 is 1.93 bits per heavy atom. The summed E-state index contributed by atoms with van der Waals surface area (Å²) in [7, 11) is 3.53. The van der Waals surface area contributed by atoms with Gasteiger partial charge in [-0.25, -0.2) is 0 Å². The Labute approximate surface area is 185 Å². The van der Waals surface area contributed by atoms with Crippen molar-refractivity contribution in [1.82, 2.24) is 10.2 Å². The molecule has 1 heterocycles. The molecule has 1 aromatic rings. The lowest BCUT2D eigenvalue weighted by Gasteiger charge is -2.37. The van der Waals surface area contributed by atoms with Crippen LogP contribution in [0.4, 0.5) is 5.69 Å². The highest BCUT2D eigenvalue weighted by Crippen LogP contribution is 2.20. The second-order valence-electron chi connectivity index (χ2n) is 6.24. The zero-order chi connectivity index (χ0) is 18.6. The number of hydrogen-bond donors (Lipinski definition) is 1. The average molecular weight is 511 g/mol. The van der Waals surface area contributed by atoms with Gasteiger partial charge in [0.15, 0.2) is 5.96 Å². The summed E-state index contributed by atoms with van der Waals surface area (Å²) in [4.78, 5) is 9.11. The van der Waals surface area contributed by atoms with Crippen molar-refractivity contribution in [2.75, 3.05) is 71.6 Å². The van der Waals surface area contributed by atoms with E-state index in [4.69, 9.17) is 21.1 Å². The minimum absolute atomic E-state index is 0. The van der Waals surface area contributed by atoms with Gasteiger partial charge in [0.05, 0.1) is 13.2 Å². The number of aliphatic imine (C=N–C) groups is 1. The fraction of sp³-hybridized carbons (Fsp3) is 0.632. The molecule has 27 heavy (non-hydrogen) atoms. The molecule has 0 unspecified atom stereocenters. The number of nitrogens with one attached hydrogen (secondary N) is 1. The van der Waals surface area contributed by atoms with Crippen LogP contribution in [0.5, 0.6) is 0 Å². The molecule has 154 valence electrons. The lowest BCUT2D eigenvalue weighted by Crippen LogP contribution is -2.52. The first kappa shape index (κ1) is 24.3. The standard InChI is InChI=1S/C19H31ClN4O2.HI/c1-21-19(22-8-3-4-13-26-15-14-25-2)24-11-9-23(10-12-24)18-7-5-6-17(20)16-18;/h5-7,16H,3-4,8-15H2,1-2H3,(H,21,22);1H. The molecule has 0 radical (unpaired) electrons. The highest BCUT2D eigenvalue weighted by atomic mass is 127. The highest BCUT2D eigenvalue weighted by molar-refractivity contribution is 14.0. The van der Waals surface area contributed by atoms with Crippen LogP contribution in [-0.4, -0.2) is 77.6 Å². The van der Waals surface area contributed by atoms with Crippen LogP contribution in [0.3, 0.4) is 0 Å². The molecule has 1 aliphatic heterocycles. The molecule has 0 saturated carbocycles. The zero-order valence-corrected chi connectivity index (χ0v) is 19.4. The largest absolute Gasteiger partial charge is 0.382 e. The van der Waals surface area contributed by atoms with Crippen molar-refractivity contribution in [3.8, 4) is 0 Å². The Morgan fingerprint density at radius 3 is 2.59 bits per heavy atom. The number of piperazine rings is 1. The van der Waals surface area contributed by atoms with Crippen molar-refractivity contribution in [3.63, 3.8) is 0 Å². The van der Waals surface area contributed by atoms with E-state index in [9.17, 15) is 0 Å². The van der Waals surface area contributed by atoms with E-state index in [1.807, 2.05) is 25.2 Å². The molecular formula is C19H32ClIN4O2. The third kappa shape index (κ3) is 8.85. The molecule has 0 amide bonds. The van der Waals surface area contributed by atoms with Gasteiger partial charge in [0, 0.05) is 64.2 Å². The first-order valence-corrected chi connectivity index (χ1v) is 9.65. The Bertz CT molecular complexity index is 554. The molecule has 8 heteroatoms. The molecule has 0 atom stereocenters. The second-order valence-corrected chi connectivity index (χ2v) is 6.68. The zero-order valence-electron chi connectivity index (χ0n) is 16.3. The summed E-state index contributed by atoms with van der Waals surface area (Å²) in [5, 5.41) is 4.25. The van der Waals surface area contributed by atoms with Crippen LogP contribution < -0.4 is 10.2 Å². The molecule has 1 aromatic carbocycles. The maximum Gasteiger partial charge on any atom is 0.193 e. The van der Waals surface area contributed by atoms with E-state index in [2.05, 4.69) is 26.2 Å². The summed E-state index contributed by atoms with van der Waals surface area (Å²) in [6.07, 6.45) is 2.10. The van der Waals surface area contributed by atoms with Gasteiger partial charge in [-0.2, -0.15) is 0 Å². The third-order valence-corrected chi connectivity index (χ3v) is 4.63. The number of nitrogens with zero attached hydrogens (tertiary/aromatic N) is 3. The summed E-state index contributed by atoms with van der Waals surface area (Å²) >= 11 is 6.10. The minimum atomic E-state index is 0. The first-order valence-electron chi connectivity index (χ1n) is 9.27. The van der Waals surface area contributed by atoms with Gasteiger partial charge in [0.2, 0.25) is 0 Å². The van der Waals surface area contributed by atoms with Gasteiger partial charge in [-0.05, 0) is 31.0 Å². The predicted molar refractivity (Wildman–Crippen MR) is 124 cm³/mol. The van der Waals surface area contributed by atoms with Gasteiger partial charge in [-0.3, -0.25) is 4.99 Å². The van der Waals surface area contributed by atoms with E-state index in [-0.39, 0.29) is 24.0 Å². The lowest BCUT2D eigenvalue weighted by molar-refractivity contribution is 0.0689. The summed E-state index contributed by atoms with van der Waals surface area (Å²) in [6.45, 7) is 6.85. The summed E-state index contributed by atoms with van der Waals surface area (Å²) in [6, 6.07) is 8.06. The van der Waals surface area contributed by atoms with Gasteiger partial charge in [-0.15, -0.1) is 24.0 Å². The van der Waals surface area contributed by atoms with E-state index in [1.54, 1.807) is 7.11 Å². The number of hydrogen-bond acceptors (Lipinski definition) is 4. The number of anilines is 1. The Morgan fingerprint density at radius 1 is 1.15 bits per heavy atom. The van der Waals surface area contributed by atoms with E-state index in [0.717, 1.165) is 63.2 Å². The number of halogens is 2. The summed E-state index contributed by atoms with van der Waals surface area (Å²) in [5.41, 5.74) is 1.19. The van der Waals surface area contributed by atoms with E-state index < -0.39 is 0 Å². The maximum atomic E-state index is 6.10. The Balaban J connectivity index is 0.00000364. The number of rotatable bonds is 9. The van der Waals surface area contributed by atoms with Gasteiger partial charge in [-0.1, -0.05) is 17.7 Å². The summed E-state index contributed by atoms with van der Waals surface area (Å²) in [5.74, 6) is 0.982. The van der Waals surface area contributed by atoms with Crippen molar-refractivity contribution in [2.24, 2.45) is 4.99 Å². The smallest absolute Gasteiger partial charge is 0.193 e. The number of ether oxygens (including phenoxy) is 2. The molecular weight excluding hydrogens is 479 g/mol. The molecule has 1 aliphatic rings. The molecule has 6 nitrogen and oxygen atoms in total. The van der Waals surface area contributed by atoms with Gasteiger partial charge in [0.25, 0.3) is 0 Å². The number of unbranched alkanes of at least 4 members (excludes halogenated alkanes) is 1. The topological polar surface area (TPSA) is 49.3 Å². The number of methoxy groups -OCH3 is 1. The van der Waals surface area contributed by atoms with Crippen molar-refractivity contribution in [1.29, 1.82) is 0 Å². The molecule has 1 N–H and O–H groups in total. The van der Waals surface area contributed by atoms with Crippen LogP contribution in [0, 0.1) is 0 Å². The van der Waals surface area contributed by atoms with Crippen LogP contribution in [0.25, 0.3) is 0 Å². The van der Waals surface area contributed by atoms with Gasteiger partial charge in [0.1, 0.15) is 0 Å². The molecule has 2 rings (SSSR count). The Hall–Kier alpha value is -0.770. The minimum Gasteiger partial charge on any atom is -0.382 e. The predicted octanol–water partition coefficient (Wildman–Crippen LogP) is 3.10. The van der Waals surface area contributed by atoms with E-state index >= 15 is 0 Å². The monoisotopic (exact) mass is 510 g/mol. The van der Waals surface area contributed by atoms with Crippen LogP contribution >= 0.6 is 35.6 Å². The van der Waals surface area contributed by atoms with E-state index in [1.165, 1.54) is 5.69 Å². The normalized spacial score (nSPS) is 14.9. The van der Waals surface area contributed by atoms with E-state index in [0.29, 0.717) is 13.2 Å². The van der Waals surface area contributed by atoms with Gasteiger partial charge < -0.3 is 24.6 Å². The quantitative estimate of drug-likeness (QED) is 0.239. The molecule has 0 bridgehead atoms. The average Bonchev–Trinajstić information content (AvgIpc) is 2.67. The first-order chi connectivity index (χ1) is 12.7. The third-order valence-electron chi connectivity index (χ3n) is 4.39. The summed E-state index contributed by atoms with van der Waals surface area (Å²) < 4.78 is 10.4. The van der Waals surface area contributed by atoms with Crippen molar-refractivity contribution >= 4 is 47.2 Å². The fourth-order valence-corrected chi connectivity index (χ4v) is 3.14. The van der Waals surface area contributed by atoms with Crippen LogP contribution in [0.1, 0.15) is 12.8 Å². The lowest BCUT2D eigenvalue weighted by atomic mass is 10.2. The van der Waals surface area contributed by atoms with Gasteiger partial charge >= 0.3 is 0 Å². The van der Waals surface area contributed by atoms with Crippen molar-refractivity contribution < 1.29 is 9.47 Å². The number of guanidine groups is 1. The number of benzene rings is 1. The molecule has 0 aromatic heterocycles. The van der Waals surface area contributed by atoms with Crippen molar-refractivity contribution in [3.05, 3.63) is 29.3 Å². The maximum absolute atomic E-state index is 6.10.